The molecule has 0 bridgehead atoms. The van der Waals surface area contributed by atoms with Gasteiger partial charge in [-0.25, -0.2) is 19.3 Å². The number of unbranched alkanes of at least 4 members (excludes halogenated alkanes) is 3. The van der Waals surface area contributed by atoms with Crippen LogP contribution in [0.25, 0.3) is 16.9 Å². The van der Waals surface area contributed by atoms with Gasteiger partial charge in [-0.2, -0.15) is 4.98 Å². The van der Waals surface area contributed by atoms with Crippen molar-refractivity contribution in [2.24, 2.45) is 0 Å². The summed E-state index contributed by atoms with van der Waals surface area (Å²) >= 11 is 0. The second-order valence-electron chi connectivity index (χ2n) is 12.7. The molecule has 4 aromatic rings. The molecule has 5 rings (SSSR count). The Hall–Kier alpha value is -4.02. The third kappa shape index (κ3) is 7.99. The van der Waals surface area contributed by atoms with Crippen LogP contribution in [0.2, 0.25) is 0 Å². The molecule has 1 aliphatic heterocycles. The Bertz CT molecular complexity index is 1610. The first-order valence-electron chi connectivity index (χ1n) is 16.3. The van der Waals surface area contributed by atoms with Gasteiger partial charge in [-0.05, 0) is 62.7 Å². The lowest BCUT2D eigenvalue weighted by Crippen LogP contribution is -2.46. The van der Waals surface area contributed by atoms with Crippen LogP contribution in [0.4, 0.5) is 17.3 Å². The van der Waals surface area contributed by atoms with E-state index in [2.05, 4.69) is 78.6 Å². The molecule has 1 aliphatic rings. The summed E-state index contributed by atoms with van der Waals surface area (Å²) in [7, 11) is 0. The van der Waals surface area contributed by atoms with E-state index >= 15 is 0 Å². The number of allylic oxidation sites excluding steroid dienone is 1. The van der Waals surface area contributed by atoms with E-state index in [0.717, 1.165) is 50.8 Å². The summed E-state index contributed by atoms with van der Waals surface area (Å²) in [6.45, 7) is 19.7. The predicted molar refractivity (Wildman–Crippen MR) is 183 cm³/mol. The number of hydrogen-bond donors (Lipinski definition) is 1. The molecule has 0 radical (unpaired) electrons. The number of rotatable bonds is 14. The van der Waals surface area contributed by atoms with Gasteiger partial charge in [0.1, 0.15) is 5.39 Å². The third-order valence-electron chi connectivity index (χ3n) is 8.28. The van der Waals surface area contributed by atoms with Crippen molar-refractivity contribution < 1.29 is 4.74 Å². The van der Waals surface area contributed by atoms with E-state index in [9.17, 15) is 4.79 Å². The minimum atomic E-state index is -0.179. The fraction of sp³-hybridized carbons (Fsp3) is 0.486. The van der Waals surface area contributed by atoms with Gasteiger partial charge in [-0.3, -0.25) is 9.69 Å². The number of benzene rings is 1. The highest BCUT2D eigenvalue weighted by molar-refractivity contribution is 5.77. The van der Waals surface area contributed by atoms with Crippen LogP contribution in [-0.2, 0) is 16.7 Å². The van der Waals surface area contributed by atoms with E-state index in [1.165, 1.54) is 37.9 Å². The van der Waals surface area contributed by atoms with E-state index in [1.807, 2.05) is 18.2 Å². The SMILES string of the molecule is C=CCn1c(=O)c2cnc(Nc3ccc(N4CCN(CCCCCCOCC)CC4)cc3)nc2n1-c1cccc(C(C)(C)C)n1. The molecule has 1 aromatic carbocycles. The molecule has 1 fully saturated rings. The van der Waals surface area contributed by atoms with Crippen LogP contribution in [0.15, 0.2) is 66.1 Å². The second kappa shape index (κ2) is 14.8. The summed E-state index contributed by atoms with van der Waals surface area (Å²) in [6, 6.07) is 14.3. The molecule has 3 aromatic heterocycles. The summed E-state index contributed by atoms with van der Waals surface area (Å²) in [4.78, 5) is 32.5. The van der Waals surface area contributed by atoms with Gasteiger partial charge in [-0.15, -0.1) is 6.58 Å². The van der Waals surface area contributed by atoms with Crippen molar-refractivity contribution >= 4 is 28.4 Å². The molecule has 0 atom stereocenters. The van der Waals surface area contributed by atoms with Gasteiger partial charge in [0, 0.05) is 68.1 Å². The van der Waals surface area contributed by atoms with Crippen LogP contribution in [-0.4, -0.2) is 75.2 Å². The number of nitrogens with zero attached hydrogens (tertiary/aromatic N) is 7. The summed E-state index contributed by atoms with van der Waals surface area (Å²) in [5.41, 5.74) is 3.20. The highest BCUT2D eigenvalue weighted by Crippen LogP contribution is 2.24. The van der Waals surface area contributed by atoms with Crippen molar-refractivity contribution in [1.82, 2.24) is 29.2 Å². The average Bonchev–Trinajstić information content (AvgIpc) is 3.31. The Kier molecular flexibility index (Phi) is 10.7. The first kappa shape index (κ1) is 32.4. The van der Waals surface area contributed by atoms with E-state index in [0.29, 0.717) is 29.3 Å². The van der Waals surface area contributed by atoms with Gasteiger partial charge < -0.3 is 15.0 Å². The Morgan fingerprint density at radius 2 is 1.73 bits per heavy atom. The molecule has 0 aliphatic carbocycles. The Labute approximate surface area is 266 Å². The number of hydrogen-bond acceptors (Lipinski definition) is 8. The molecule has 4 heterocycles. The lowest BCUT2D eigenvalue weighted by molar-refractivity contribution is 0.142. The fourth-order valence-corrected chi connectivity index (χ4v) is 5.72. The van der Waals surface area contributed by atoms with Gasteiger partial charge in [0.15, 0.2) is 11.5 Å². The number of anilines is 3. The van der Waals surface area contributed by atoms with Crippen molar-refractivity contribution in [1.29, 1.82) is 0 Å². The zero-order valence-corrected chi connectivity index (χ0v) is 27.3. The van der Waals surface area contributed by atoms with E-state index in [-0.39, 0.29) is 11.0 Å². The first-order valence-corrected chi connectivity index (χ1v) is 16.3. The Morgan fingerprint density at radius 1 is 0.978 bits per heavy atom. The molecule has 10 heteroatoms. The summed E-state index contributed by atoms with van der Waals surface area (Å²) in [5, 5.41) is 3.76. The molecule has 0 amide bonds. The van der Waals surface area contributed by atoms with Crippen molar-refractivity contribution in [3.63, 3.8) is 0 Å². The maximum atomic E-state index is 13.3. The minimum absolute atomic E-state index is 0.145. The van der Waals surface area contributed by atoms with Crippen LogP contribution in [0.3, 0.4) is 0 Å². The maximum absolute atomic E-state index is 13.3. The molecule has 1 N–H and O–H groups in total. The zero-order valence-electron chi connectivity index (χ0n) is 27.3. The number of pyridine rings is 1. The van der Waals surface area contributed by atoms with E-state index in [4.69, 9.17) is 14.7 Å². The van der Waals surface area contributed by atoms with E-state index < -0.39 is 0 Å². The molecular weight excluding hydrogens is 564 g/mol. The smallest absolute Gasteiger partial charge is 0.278 e. The molecule has 240 valence electrons. The quantitative estimate of drug-likeness (QED) is 0.139. The van der Waals surface area contributed by atoms with Crippen molar-refractivity contribution in [2.45, 2.75) is 65.3 Å². The average molecular weight is 613 g/mol. The molecular formula is C35H48N8O2. The highest BCUT2D eigenvalue weighted by atomic mass is 16.5. The lowest BCUT2D eigenvalue weighted by Gasteiger charge is -2.36. The van der Waals surface area contributed by atoms with Crippen LogP contribution in [0.1, 0.15) is 59.1 Å². The van der Waals surface area contributed by atoms with Crippen molar-refractivity contribution in [3.05, 3.63) is 77.4 Å². The van der Waals surface area contributed by atoms with Crippen molar-refractivity contribution in [2.75, 3.05) is 56.2 Å². The summed E-state index contributed by atoms with van der Waals surface area (Å²) in [6.07, 6.45) is 8.24. The summed E-state index contributed by atoms with van der Waals surface area (Å²) < 4.78 is 8.81. The number of ether oxygens (including phenoxy) is 1. The van der Waals surface area contributed by atoms with Crippen LogP contribution in [0, 0.1) is 0 Å². The first-order chi connectivity index (χ1) is 21.8. The largest absolute Gasteiger partial charge is 0.382 e. The summed E-state index contributed by atoms with van der Waals surface area (Å²) in [5.74, 6) is 1.04. The van der Waals surface area contributed by atoms with Gasteiger partial charge in [0.2, 0.25) is 5.95 Å². The van der Waals surface area contributed by atoms with Gasteiger partial charge in [0.25, 0.3) is 5.56 Å². The Morgan fingerprint density at radius 3 is 2.44 bits per heavy atom. The molecule has 0 spiro atoms. The second-order valence-corrected chi connectivity index (χ2v) is 12.7. The molecule has 1 saturated heterocycles. The standard InChI is InChI=1S/C35H48N8O2/c1-6-19-42-33(44)29-26-36-34(39-32(29)43(42)31-14-12-13-30(38-31)35(3,4)5)37-27-15-17-28(18-16-27)41-23-21-40(22-24-41)20-10-8-9-11-25-45-7-2/h6,12-18,26H,1,7-11,19-25H2,2-5H3,(H,36,37,39). The number of fused-ring (bicyclic) bond motifs is 1. The lowest BCUT2D eigenvalue weighted by atomic mass is 9.92. The Balaban J connectivity index is 1.25. The third-order valence-corrected chi connectivity index (χ3v) is 8.28. The molecule has 0 saturated carbocycles. The van der Waals surface area contributed by atoms with Crippen LogP contribution in [0.5, 0.6) is 0 Å². The molecule has 45 heavy (non-hydrogen) atoms. The van der Waals surface area contributed by atoms with Gasteiger partial charge in [-0.1, -0.05) is 45.8 Å². The van der Waals surface area contributed by atoms with Crippen LogP contribution >= 0.6 is 0 Å². The zero-order chi connectivity index (χ0) is 31.8. The molecule has 0 unspecified atom stereocenters. The number of nitrogens with one attached hydrogen (secondary N) is 1. The van der Waals surface area contributed by atoms with E-state index in [1.54, 1.807) is 21.6 Å². The van der Waals surface area contributed by atoms with Crippen LogP contribution < -0.4 is 15.8 Å². The molecule has 10 nitrogen and oxygen atoms in total. The minimum Gasteiger partial charge on any atom is -0.382 e. The maximum Gasteiger partial charge on any atom is 0.278 e. The predicted octanol–water partition coefficient (Wildman–Crippen LogP) is 5.92. The number of piperazine rings is 1. The fourth-order valence-electron chi connectivity index (χ4n) is 5.72. The normalized spacial score (nSPS) is 14.3. The van der Waals surface area contributed by atoms with Gasteiger partial charge >= 0.3 is 0 Å². The monoisotopic (exact) mass is 612 g/mol. The topological polar surface area (TPSA) is 93.3 Å². The highest BCUT2D eigenvalue weighted by Gasteiger charge is 2.21. The van der Waals surface area contributed by atoms with Gasteiger partial charge in [0.05, 0.1) is 6.54 Å². The number of aromatic nitrogens is 5. The van der Waals surface area contributed by atoms with Crippen molar-refractivity contribution in [3.8, 4) is 5.82 Å².